The van der Waals surface area contributed by atoms with Gasteiger partial charge in [0.1, 0.15) is 10.7 Å². The number of hydrogen-bond donors (Lipinski definition) is 3. The molecule has 1 aliphatic heterocycles. The number of aromatic nitrogens is 3. The van der Waals surface area contributed by atoms with E-state index in [4.69, 9.17) is 0 Å². The fourth-order valence-electron chi connectivity index (χ4n) is 2.45. The van der Waals surface area contributed by atoms with Crippen molar-refractivity contribution < 1.29 is 4.79 Å². The van der Waals surface area contributed by atoms with Crippen molar-refractivity contribution in [3.05, 3.63) is 57.3 Å². The van der Waals surface area contributed by atoms with Gasteiger partial charge in [0.25, 0.3) is 11.5 Å². The quantitative estimate of drug-likeness (QED) is 0.634. The lowest BCUT2D eigenvalue weighted by Gasteiger charge is -1.97. The summed E-state index contributed by atoms with van der Waals surface area (Å²) in [5.74, 6) is -0.216. The first-order valence-corrected chi connectivity index (χ1v) is 7.45. The second-order valence-corrected chi connectivity index (χ2v) is 5.66. The Balaban J connectivity index is 1.90. The molecular weight excluding hydrogens is 300 g/mol. The van der Waals surface area contributed by atoms with Crippen molar-refractivity contribution in [3.63, 3.8) is 0 Å². The van der Waals surface area contributed by atoms with Crippen LogP contribution in [0.15, 0.2) is 40.6 Å². The highest BCUT2D eigenvalue weighted by atomic mass is 32.1. The first kappa shape index (κ1) is 12.8. The Labute approximate surface area is 128 Å². The van der Waals surface area contributed by atoms with Crippen LogP contribution in [0.3, 0.4) is 0 Å². The number of H-pyrrole nitrogens is 2. The molecule has 3 N–H and O–H groups in total. The van der Waals surface area contributed by atoms with Gasteiger partial charge in [-0.05, 0) is 12.1 Å². The summed E-state index contributed by atoms with van der Waals surface area (Å²) in [5.41, 5.74) is 2.72. The van der Waals surface area contributed by atoms with Crippen molar-refractivity contribution in [1.29, 1.82) is 0 Å². The van der Waals surface area contributed by atoms with Crippen LogP contribution < -0.4 is 10.9 Å². The molecule has 4 rings (SSSR count). The van der Waals surface area contributed by atoms with Crippen molar-refractivity contribution in [3.8, 4) is 10.7 Å². The molecule has 0 fully saturated rings. The van der Waals surface area contributed by atoms with E-state index >= 15 is 0 Å². The molecule has 1 aliphatic rings. The van der Waals surface area contributed by atoms with E-state index in [1.807, 2.05) is 29.6 Å². The van der Waals surface area contributed by atoms with E-state index < -0.39 is 0 Å². The highest BCUT2D eigenvalue weighted by Gasteiger charge is 2.25. The van der Waals surface area contributed by atoms with Crippen molar-refractivity contribution in [2.24, 2.45) is 0 Å². The number of nitrogens with one attached hydrogen (secondary N) is 3. The first-order valence-electron chi connectivity index (χ1n) is 6.57. The average molecular weight is 310 g/mol. The lowest BCUT2D eigenvalue weighted by molar-refractivity contribution is -0.110. The van der Waals surface area contributed by atoms with Gasteiger partial charge in [0.2, 0.25) is 0 Å². The van der Waals surface area contributed by atoms with Crippen LogP contribution in [-0.2, 0) is 4.79 Å². The lowest BCUT2D eigenvalue weighted by atomic mass is 10.0. The third-order valence-corrected chi connectivity index (χ3v) is 4.25. The van der Waals surface area contributed by atoms with E-state index in [0.29, 0.717) is 21.8 Å². The number of carbonyl (C=O) groups excluding carboxylic acids is 1. The molecule has 2 aromatic heterocycles. The van der Waals surface area contributed by atoms with Crippen LogP contribution in [0.25, 0.3) is 22.4 Å². The van der Waals surface area contributed by atoms with Gasteiger partial charge in [0, 0.05) is 28.4 Å². The van der Waals surface area contributed by atoms with Crippen molar-refractivity contribution in [1.82, 2.24) is 15.2 Å². The van der Waals surface area contributed by atoms with Crippen LogP contribution in [0.5, 0.6) is 0 Å². The molecule has 1 amide bonds. The highest BCUT2D eigenvalue weighted by Crippen LogP contribution is 2.33. The number of aromatic amines is 2. The van der Waals surface area contributed by atoms with Crippen molar-refractivity contribution in [2.75, 3.05) is 5.32 Å². The van der Waals surface area contributed by atoms with E-state index in [9.17, 15) is 9.59 Å². The van der Waals surface area contributed by atoms with Gasteiger partial charge >= 0.3 is 0 Å². The molecule has 0 atom stereocenters. The summed E-state index contributed by atoms with van der Waals surface area (Å²) >= 11 is 1.42. The number of thiazole rings is 1. The van der Waals surface area contributed by atoms with Gasteiger partial charge in [0.15, 0.2) is 0 Å². The van der Waals surface area contributed by atoms with Crippen LogP contribution in [0.4, 0.5) is 5.69 Å². The van der Waals surface area contributed by atoms with Gasteiger partial charge in [-0.3, -0.25) is 19.8 Å². The van der Waals surface area contributed by atoms with Crippen molar-refractivity contribution >= 4 is 34.6 Å². The molecule has 0 radical (unpaired) electrons. The number of anilines is 1. The Kier molecular flexibility index (Phi) is 2.80. The predicted octanol–water partition coefficient (Wildman–Crippen LogP) is 2.32. The minimum absolute atomic E-state index is 0.216. The summed E-state index contributed by atoms with van der Waals surface area (Å²) in [4.78, 5) is 28.4. The summed E-state index contributed by atoms with van der Waals surface area (Å²) in [6.07, 6.45) is 3.27. The van der Waals surface area contributed by atoms with Gasteiger partial charge < -0.3 is 5.32 Å². The van der Waals surface area contributed by atoms with Crippen LogP contribution in [0, 0.1) is 0 Å². The molecule has 0 bridgehead atoms. The summed E-state index contributed by atoms with van der Waals surface area (Å²) < 4.78 is 0. The lowest BCUT2D eigenvalue weighted by Crippen LogP contribution is -2.06. The molecule has 6 nitrogen and oxygen atoms in total. The molecule has 7 heteroatoms. The minimum atomic E-state index is -0.283. The number of nitrogens with zero attached hydrogens (tertiary/aromatic N) is 1. The Bertz CT molecular complexity index is 950. The van der Waals surface area contributed by atoms with E-state index in [1.54, 1.807) is 12.3 Å². The van der Waals surface area contributed by atoms with Crippen LogP contribution in [-0.4, -0.2) is 21.1 Å². The molecule has 0 saturated carbocycles. The molecule has 3 aromatic rings. The number of rotatable bonds is 2. The fraction of sp³-hybridized carbons (Fsp3) is 0. The maximum atomic E-state index is 12.2. The van der Waals surface area contributed by atoms with Gasteiger partial charge in [0.05, 0.1) is 5.56 Å². The van der Waals surface area contributed by atoms with Crippen LogP contribution >= 0.6 is 11.3 Å². The van der Waals surface area contributed by atoms with Crippen LogP contribution in [0.1, 0.15) is 11.1 Å². The molecule has 22 heavy (non-hydrogen) atoms. The Morgan fingerprint density at radius 3 is 2.82 bits per heavy atom. The SMILES string of the molecule is O=C1Nc2ccccc2C1=Cc1c(-c2nccs2)[nH][nH]c1=O. The maximum Gasteiger partial charge on any atom is 0.271 e. The second-order valence-electron chi connectivity index (χ2n) is 4.76. The molecule has 3 heterocycles. The monoisotopic (exact) mass is 310 g/mol. The topological polar surface area (TPSA) is 90.6 Å². The zero-order valence-corrected chi connectivity index (χ0v) is 12.0. The number of amides is 1. The molecule has 0 spiro atoms. The van der Waals surface area contributed by atoms with Gasteiger partial charge in [-0.1, -0.05) is 18.2 Å². The largest absolute Gasteiger partial charge is 0.321 e. The summed E-state index contributed by atoms with van der Waals surface area (Å²) in [7, 11) is 0. The number of carbonyl (C=O) groups is 1. The first-order chi connectivity index (χ1) is 10.7. The van der Waals surface area contributed by atoms with Gasteiger partial charge in [-0.25, -0.2) is 4.98 Å². The normalized spacial score (nSPS) is 15.1. The number of para-hydroxylation sites is 1. The van der Waals surface area contributed by atoms with E-state index in [1.165, 1.54) is 11.3 Å². The third-order valence-electron chi connectivity index (χ3n) is 3.46. The van der Waals surface area contributed by atoms with E-state index in [0.717, 1.165) is 11.3 Å². The molecule has 0 unspecified atom stereocenters. The highest BCUT2D eigenvalue weighted by molar-refractivity contribution is 7.13. The van der Waals surface area contributed by atoms with E-state index in [2.05, 4.69) is 20.5 Å². The Morgan fingerprint density at radius 1 is 1.14 bits per heavy atom. The van der Waals surface area contributed by atoms with Gasteiger partial charge in [-0.15, -0.1) is 11.3 Å². The van der Waals surface area contributed by atoms with E-state index in [-0.39, 0.29) is 11.5 Å². The average Bonchev–Trinajstić information content (AvgIpc) is 3.21. The van der Waals surface area contributed by atoms with Gasteiger partial charge in [-0.2, -0.15) is 0 Å². The number of hydrogen-bond acceptors (Lipinski definition) is 4. The fourth-order valence-corrected chi connectivity index (χ4v) is 3.10. The smallest absolute Gasteiger partial charge is 0.271 e. The predicted molar refractivity (Wildman–Crippen MR) is 85.5 cm³/mol. The molecule has 1 aromatic carbocycles. The summed E-state index contributed by atoms with van der Waals surface area (Å²) in [6.45, 7) is 0. The van der Waals surface area contributed by atoms with Crippen molar-refractivity contribution in [2.45, 2.75) is 0 Å². The summed E-state index contributed by atoms with van der Waals surface area (Å²) in [5, 5.41) is 10.7. The molecule has 0 saturated heterocycles. The molecule has 0 aliphatic carbocycles. The second kappa shape index (κ2) is 4.81. The number of fused-ring (bicyclic) bond motifs is 1. The zero-order valence-electron chi connectivity index (χ0n) is 11.2. The Morgan fingerprint density at radius 2 is 2.00 bits per heavy atom. The third kappa shape index (κ3) is 1.91. The maximum absolute atomic E-state index is 12.2. The minimum Gasteiger partial charge on any atom is -0.321 e. The zero-order chi connectivity index (χ0) is 15.1. The van der Waals surface area contributed by atoms with Crippen LogP contribution in [0.2, 0.25) is 0 Å². The molecule has 108 valence electrons. The molecular formula is C15H10N4O2S. The standard InChI is InChI=1S/C15H10N4O2S/c20-13-9(8-3-1-2-4-11(8)17-13)7-10-12(18-19-14(10)21)15-16-5-6-22-15/h1-7H,(H,17,20)(H2,18,19,21). The Hall–Kier alpha value is -2.93. The number of benzene rings is 1. The summed E-state index contributed by atoms with van der Waals surface area (Å²) in [6, 6.07) is 7.39.